The predicted molar refractivity (Wildman–Crippen MR) is 143 cm³/mol. The molecule has 210 valence electrons. The SMILES string of the molecule is COc1cccc([C@H]2S[C@H](Cc3nnc(CCC(=O)O)s3)c3nnc(C(F)(F)F)n3-c3ccc(Cl)cc32)c1OC. The van der Waals surface area contributed by atoms with Crippen molar-refractivity contribution < 1.29 is 32.5 Å². The molecule has 2 aromatic carbocycles. The Bertz CT molecular complexity index is 1560. The number of aromatic nitrogens is 5. The van der Waals surface area contributed by atoms with Crippen LogP contribution in [-0.4, -0.2) is 50.3 Å². The van der Waals surface area contributed by atoms with Crippen LogP contribution < -0.4 is 9.47 Å². The first-order valence-electron chi connectivity index (χ1n) is 11.8. The average Bonchev–Trinajstić information content (AvgIpc) is 3.54. The molecule has 1 aliphatic heterocycles. The summed E-state index contributed by atoms with van der Waals surface area (Å²) in [5, 5.41) is 25.0. The molecule has 2 aromatic heterocycles. The molecule has 1 N–H and O–H groups in total. The Labute approximate surface area is 239 Å². The maximum Gasteiger partial charge on any atom is 0.452 e. The van der Waals surface area contributed by atoms with Gasteiger partial charge in [-0.15, -0.1) is 43.5 Å². The van der Waals surface area contributed by atoms with Crippen molar-refractivity contribution in [2.24, 2.45) is 0 Å². The van der Waals surface area contributed by atoms with Gasteiger partial charge >= 0.3 is 12.1 Å². The summed E-state index contributed by atoms with van der Waals surface area (Å²) in [5.41, 5.74) is 1.42. The second-order valence-corrected chi connectivity index (χ2v) is 11.6. The number of carboxylic acid groups (broad SMARTS) is 1. The number of fused-ring (bicyclic) bond motifs is 3. The fourth-order valence-corrected chi connectivity index (χ4v) is 7.21. The molecule has 15 heteroatoms. The van der Waals surface area contributed by atoms with E-state index in [0.717, 1.165) is 4.57 Å². The van der Waals surface area contributed by atoms with Crippen LogP contribution in [0.3, 0.4) is 0 Å². The highest BCUT2D eigenvalue weighted by atomic mass is 35.5. The normalized spacial score (nSPS) is 16.6. The lowest BCUT2D eigenvalue weighted by Gasteiger charge is -2.23. The van der Waals surface area contributed by atoms with Gasteiger partial charge in [0.05, 0.1) is 36.8 Å². The summed E-state index contributed by atoms with van der Waals surface area (Å²) in [7, 11) is 3.00. The first kappa shape index (κ1) is 28.2. The molecule has 0 unspecified atom stereocenters. The molecule has 0 bridgehead atoms. The van der Waals surface area contributed by atoms with Crippen molar-refractivity contribution in [3.8, 4) is 17.2 Å². The third kappa shape index (κ3) is 5.47. The van der Waals surface area contributed by atoms with E-state index in [2.05, 4.69) is 20.4 Å². The van der Waals surface area contributed by atoms with Gasteiger partial charge in [0.25, 0.3) is 0 Å². The lowest BCUT2D eigenvalue weighted by Crippen LogP contribution is -2.16. The molecular weight excluding hydrogens is 591 g/mol. The highest BCUT2D eigenvalue weighted by Gasteiger charge is 2.43. The smallest absolute Gasteiger partial charge is 0.452 e. The van der Waals surface area contributed by atoms with Crippen LogP contribution in [0.2, 0.25) is 5.02 Å². The van der Waals surface area contributed by atoms with Gasteiger partial charge in [-0.05, 0) is 29.8 Å². The Balaban J connectivity index is 1.68. The van der Waals surface area contributed by atoms with E-state index in [9.17, 15) is 18.0 Å². The van der Waals surface area contributed by atoms with Crippen molar-refractivity contribution >= 4 is 40.7 Å². The van der Waals surface area contributed by atoms with Gasteiger partial charge in [-0.1, -0.05) is 23.7 Å². The second-order valence-electron chi connectivity index (χ2n) is 8.69. The van der Waals surface area contributed by atoms with Crippen molar-refractivity contribution in [1.82, 2.24) is 25.0 Å². The van der Waals surface area contributed by atoms with Gasteiger partial charge in [-0.25, -0.2) is 0 Å². The average molecular weight is 612 g/mol. The Morgan fingerprint density at radius 2 is 1.85 bits per heavy atom. The van der Waals surface area contributed by atoms with Gasteiger partial charge < -0.3 is 14.6 Å². The quantitative estimate of drug-likeness (QED) is 0.258. The molecule has 40 heavy (non-hydrogen) atoms. The van der Waals surface area contributed by atoms with Crippen LogP contribution in [0.4, 0.5) is 13.2 Å². The van der Waals surface area contributed by atoms with Crippen LogP contribution in [-0.2, 0) is 23.8 Å². The maximum atomic E-state index is 14.2. The number of halogens is 4. The molecule has 4 aromatic rings. The number of ether oxygens (including phenoxy) is 2. The number of rotatable bonds is 8. The van der Waals surface area contributed by atoms with Crippen molar-refractivity contribution in [2.75, 3.05) is 14.2 Å². The van der Waals surface area contributed by atoms with E-state index in [1.165, 1.54) is 49.5 Å². The third-order valence-electron chi connectivity index (χ3n) is 6.18. The first-order chi connectivity index (χ1) is 19.1. The lowest BCUT2D eigenvalue weighted by atomic mass is 10.0. The van der Waals surface area contributed by atoms with Gasteiger partial charge in [0.1, 0.15) is 10.0 Å². The van der Waals surface area contributed by atoms with E-state index in [1.54, 1.807) is 18.2 Å². The summed E-state index contributed by atoms with van der Waals surface area (Å²) >= 11 is 8.95. The lowest BCUT2D eigenvalue weighted by molar-refractivity contribution is -0.146. The van der Waals surface area contributed by atoms with Crippen molar-refractivity contribution in [3.05, 3.63) is 74.2 Å². The standard InChI is InChI=1S/C25H21ClF3N5O4S2/c1-37-16-5-3-4-13(21(16)38-2)22-14-10-12(26)6-7-15(14)34-23(32-33-24(34)25(27,28)29)17(39-22)11-19-31-30-18(40-19)8-9-20(35)36/h3-7,10,17,22H,8-9,11H2,1-2H3,(H,35,36)/t17-,22-/m1/s1. The molecule has 0 radical (unpaired) electrons. The number of thioether (sulfide) groups is 1. The first-order valence-corrected chi connectivity index (χ1v) is 14.0. The summed E-state index contributed by atoms with van der Waals surface area (Å²) in [6.07, 6.45) is -4.51. The van der Waals surface area contributed by atoms with E-state index in [0.29, 0.717) is 37.7 Å². The van der Waals surface area contributed by atoms with E-state index < -0.39 is 28.5 Å². The van der Waals surface area contributed by atoms with Crippen LogP contribution in [0.25, 0.3) is 5.69 Å². The van der Waals surface area contributed by atoms with Crippen LogP contribution in [0.5, 0.6) is 11.5 Å². The number of aliphatic carboxylic acids is 1. The second kappa shape index (κ2) is 11.3. The third-order valence-corrected chi connectivity index (χ3v) is 8.91. The van der Waals surface area contributed by atoms with Crippen molar-refractivity contribution in [1.29, 1.82) is 0 Å². The number of benzene rings is 2. The zero-order valence-electron chi connectivity index (χ0n) is 21.0. The van der Waals surface area contributed by atoms with E-state index in [-0.39, 0.29) is 30.8 Å². The number of aryl methyl sites for hydroxylation is 1. The molecule has 0 fully saturated rings. The minimum atomic E-state index is -4.78. The van der Waals surface area contributed by atoms with E-state index in [4.69, 9.17) is 26.2 Å². The number of methoxy groups -OCH3 is 2. The van der Waals surface area contributed by atoms with Gasteiger partial charge in [0.2, 0.25) is 5.82 Å². The number of carboxylic acids is 1. The number of para-hydroxylation sites is 1. The minimum Gasteiger partial charge on any atom is -0.493 e. The summed E-state index contributed by atoms with van der Waals surface area (Å²) in [6.45, 7) is 0. The highest BCUT2D eigenvalue weighted by molar-refractivity contribution is 8.00. The molecule has 0 aliphatic carbocycles. The number of nitrogens with zero attached hydrogens (tertiary/aromatic N) is 5. The zero-order valence-corrected chi connectivity index (χ0v) is 23.4. The Hall–Kier alpha value is -3.36. The highest BCUT2D eigenvalue weighted by Crippen LogP contribution is 2.54. The van der Waals surface area contributed by atoms with E-state index >= 15 is 0 Å². The zero-order chi connectivity index (χ0) is 28.6. The Morgan fingerprint density at radius 1 is 1.07 bits per heavy atom. The van der Waals surface area contributed by atoms with Gasteiger partial charge in [0.15, 0.2) is 17.3 Å². The Kier molecular flexibility index (Phi) is 7.93. The monoisotopic (exact) mass is 611 g/mol. The molecule has 1 aliphatic rings. The van der Waals surface area contributed by atoms with Crippen LogP contribution in [0.15, 0.2) is 36.4 Å². The summed E-state index contributed by atoms with van der Waals surface area (Å²) in [6, 6.07) is 10.0. The molecule has 3 heterocycles. The molecule has 0 amide bonds. The van der Waals surface area contributed by atoms with Crippen LogP contribution in [0.1, 0.15) is 49.7 Å². The summed E-state index contributed by atoms with van der Waals surface area (Å²) in [4.78, 5) is 11.0. The van der Waals surface area contributed by atoms with Gasteiger partial charge in [-0.3, -0.25) is 9.36 Å². The molecule has 0 saturated carbocycles. The molecule has 9 nitrogen and oxygen atoms in total. The molecular formula is C25H21ClF3N5O4S2. The fourth-order valence-electron chi connectivity index (χ4n) is 4.51. The minimum absolute atomic E-state index is 0.0903. The van der Waals surface area contributed by atoms with E-state index in [1.807, 2.05) is 6.07 Å². The fraction of sp³-hybridized carbons (Fsp3) is 0.320. The van der Waals surface area contributed by atoms with Crippen molar-refractivity contribution in [2.45, 2.75) is 35.9 Å². The maximum absolute atomic E-state index is 14.2. The summed E-state index contributed by atoms with van der Waals surface area (Å²) in [5.74, 6) is -1.13. The summed E-state index contributed by atoms with van der Waals surface area (Å²) < 4.78 is 54.8. The topological polar surface area (TPSA) is 112 Å². The molecule has 0 spiro atoms. The van der Waals surface area contributed by atoms with Crippen LogP contribution >= 0.6 is 34.7 Å². The molecule has 0 saturated heterocycles. The number of hydrogen-bond donors (Lipinski definition) is 1. The number of carbonyl (C=O) groups is 1. The Morgan fingerprint density at radius 3 is 2.55 bits per heavy atom. The van der Waals surface area contributed by atoms with Gasteiger partial charge in [0, 0.05) is 23.4 Å². The van der Waals surface area contributed by atoms with Crippen LogP contribution in [0, 0.1) is 0 Å². The molecule has 5 rings (SSSR count). The number of alkyl halides is 3. The van der Waals surface area contributed by atoms with Crippen molar-refractivity contribution in [3.63, 3.8) is 0 Å². The largest absolute Gasteiger partial charge is 0.493 e. The van der Waals surface area contributed by atoms with Gasteiger partial charge in [-0.2, -0.15) is 13.2 Å². The predicted octanol–water partition coefficient (Wildman–Crippen LogP) is 5.95. The number of hydrogen-bond acceptors (Lipinski definition) is 9. The molecule has 2 atom stereocenters.